The van der Waals surface area contributed by atoms with Crippen LogP contribution in [0.5, 0.6) is 11.5 Å². The minimum Gasteiger partial charge on any atom is -0.493 e. The number of anilines is 2. The van der Waals surface area contributed by atoms with Crippen LogP contribution in [-0.4, -0.2) is 25.1 Å². The van der Waals surface area contributed by atoms with Crippen molar-refractivity contribution < 1.29 is 14.3 Å². The number of rotatable bonds is 6. The molecule has 7 nitrogen and oxygen atoms in total. The fourth-order valence-corrected chi connectivity index (χ4v) is 7.54. The fraction of sp³-hybridized carbons (Fsp3) is 0.194. The first-order chi connectivity index (χ1) is 19.5. The van der Waals surface area contributed by atoms with E-state index in [1.165, 1.54) is 27.6 Å². The van der Waals surface area contributed by atoms with Crippen molar-refractivity contribution in [2.45, 2.75) is 25.7 Å². The van der Waals surface area contributed by atoms with Gasteiger partial charge in [-0.25, -0.2) is 4.98 Å². The molecule has 1 amide bonds. The number of nitrogen functional groups attached to an aromatic ring is 1. The maximum Gasteiger partial charge on any atom is 0.268 e. The van der Waals surface area contributed by atoms with Gasteiger partial charge < -0.3 is 20.5 Å². The van der Waals surface area contributed by atoms with Crippen molar-refractivity contribution in [2.24, 2.45) is 0 Å². The van der Waals surface area contributed by atoms with Gasteiger partial charge in [0.05, 0.1) is 31.2 Å². The second kappa shape index (κ2) is 10.6. The van der Waals surface area contributed by atoms with E-state index in [2.05, 4.69) is 11.4 Å². The number of nitrogens with one attached hydrogen (secondary N) is 1. The van der Waals surface area contributed by atoms with Gasteiger partial charge in [0.1, 0.15) is 20.8 Å². The SMILES string of the molecule is COc1cccc(-c2cc(-c3ccccc3)nc3sc(C(=O)Nc4sc5c(c4C#N)CCCC5)c(N)c23)c1OC. The summed E-state index contributed by atoms with van der Waals surface area (Å²) in [7, 11) is 3.19. The van der Waals surface area contributed by atoms with Gasteiger partial charge in [-0.05, 0) is 43.4 Å². The standard InChI is InChI=1S/C31H26N4O3S2/c1-37-23-13-8-12-19(27(23)38-2)20-15-22(17-9-4-3-5-10-17)34-31-25(20)26(33)28(40-31)29(36)35-30-21(16-32)18-11-6-7-14-24(18)39-30/h3-5,8-10,12-13,15H,6-7,11,14,33H2,1-2H3,(H,35,36). The number of aryl methyl sites for hydroxylation is 1. The number of nitriles is 1. The lowest BCUT2D eigenvalue weighted by Crippen LogP contribution is -2.12. The van der Waals surface area contributed by atoms with Crippen LogP contribution in [0.4, 0.5) is 10.7 Å². The highest BCUT2D eigenvalue weighted by Crippen LogP contribution is 2.46. The first-order valence-electron chi connectivity index (χ1n) is 12.9. The minimum atomic E-state index is -0.347. The maximum atomic E-state index is 13.7. The van der Waals surface area contributed by atoms with Crippen LogP contribution >= 0.6 is 22.7 Å². The van der Waals surface area contributed by atoms with Crippen LogP contribution in [0.3, 0.4) is 0 Å². The van der Waals surface area contributed by atoms with Crippen LogP contribution < -0.4 is 20.5 Å². The van der Waals surface area contributed by atoms with Gasteiger partial charge in [0.25, 0.3) is 5.91 Å². The molecule has 3 aromatic heterocycles. The monoisotopic (exact) mass is 566 g/mol. The number of fused-ring (bicyclic) bond motifs is 2. The normalized spacial score (nSPS) is 12.5. The number of nitrogens with zero attached hydrogens (tertiary/aromatic N) is 2. The van der Waals surface area contributed by atoms with Crippen LogP contribution in [0.15, 0.2) is 54.6 Å². The molecule has 0 aliphatic heterocycles. The zero-order valence-electron chi connectivity index (χ0n) is 22.0. The van der Waals surface area contributed by atoms with E-state index in [1.807, 2.05) is 54.6 Å². The molecule has 3 heterocycles. The van der Waals surface area contributed by atoms with E-state index >= 15 is 0 Å². The molecule has 0 bridgehead atoms. The van der Waals surface area contributed by atoms with E-state index in [0.29, 0.717) is 42.8 Å². The summed E-state index contributed by atoms with van der Waals surface area (Å²) in [5, 5.41) is 14.1. The van der Waals surface area contributed by atoms with Gasteiger partial charge in [0.2, 0.25) is 0 Å². The molecule has 5 aromatic rings. The Labute approximate surface area is 239 Å². The number of carbonyl (C=O) groups is 1. The lowest BCUT2D eigenvalue weighted by atomic mass is 9.96. The van der Waals surface area contributed by atoms with Gasteiger partial charge in [0, 0.05) is 27.0 Å². The number of hydrogen-bond donors (Lipinski definition) is 2. The zero-order valence-corrected chi connectivity index (χ0v) is 23.7. The highest BCUT2D eigenvalue weighted by Gasteiger charge is 2.26. The molecule has 40 heavy (non-hydrogen) atoms. The molecule has 0 saturated heterocycles. The van der Waals surface area contributed by atoms with Crippen LogP contribution in [0, 0.1) is 11.3 Å². The Kier molecular flexibility index (Phi) is 6.88. The quantitative estimate of drug-likeness (QED) is 0.223. The Morgan fingerprint density at radius 3 is 2.58 bits per heavy atom. The van der Waals surface area contributed by atoms with Crippen molar-refractivity contribution in [3.05, 3.63) is 75.5 Å². The average Bonchev–Trinajstić information content (AvgIpc) is 3.53. The van der Waals surface area contributed by atoms with Crippen molar-refractivity contribution in [1.82, 2.24) is 4.98 Å². The van der Waals surface area contributed by atoms with Crippen molar-refractivity contribution >= 4 is 49.5 Å². The van der Waals surface area contributed by atoms with Crippen molar-refractivity contribution in [1.29, 1.82) is 5.26 Å². The molecule has 3 N–H and O–H groups in total. The molecule has 0 unspecified atom stereocenters. The van der Waals surface area contributed by atoms with Crippen molar-refractivity contribution in [2.75, 3.05) is 25.3 Å². The van der Waals surface area contributed by atoms with Crippen molar-refractivity contribution in [3.8, 4) is 40.0 Å². The molecule has 9 heteroatoms. The van der Waals surface area contributed by atoms with E-state index in [-0.39, 0.29) is 5.91 Å². The number of aromatic nitrogens is 1. The molecule has 2 aromatic carbocycles. The number of thiophene rings is 2. The second-order valence-electron chi connectivity index (χ2n) is 9.47. The van der Waals surface area contributed by atoms with Crippen LogP contribution in [0.1, 0.15) is 38.5 Å². The maximum absolute atomic E-state index is 13.7. The smallest absolute Gasteiger partial charge is 0.268 e. The Morgan fingerprint density at radius 2 is 1.82 bits per heavy atom. The third kappa shape index (κ3) is 4.35. The lowest BCUT2D eigenvalue weighted by molar-refractivity contribution is 0.103. The Balaban J connectivity index is 1.52. The van der Waals surface area contributed by atoms with Crippen LogP contribution in [0.25, 0.3) is 32.6 Å². The topological polar surface area (TPSA) is 110 Å². The molecular formula is C31H26N4O3S2. The number of pyridine rings is 1. The third-order valence-electron chi connectivity index (χ3n) is 7.18. The Bertz CT molecular complexity index is 1800. The predicted molar refractivity (Wildman–Crippen MR) is 162 cm³/mol. The minimum absolute atomic E-state index is 0.337. The molecule has 1 aliphatic carbocycles. The highest BCUT2D eigenvalue weighted by molar-refractivity contribution is 7.21. The molecule has 0 atom stereocenters. The second-order valence-corrected chi connectivity index (χ2v) is 11.6. The molecule has 1 aliphatic rings. The van der Waals surface area contributed by atoms with Gasteiger partial charge in [-0.15, -0.1) is 22.7 Å². The summed E-state index contributed by atoms with van der Waals surface area (Å²) >= 11 is 2.74. The number of nitrogens with two attached hydrogens (primary N) is 1. The van der Waals surface area contributed by atoms with E-state index in [4.69, 9.17) is 20.2 Å². The largest absolute Gasteiger partial charge is 0.493 e. The number of para-hydroxylation sites is 1. The predicted octanol–water partition coefficient (Wildman–Crippen LogP) is 7.29. The fourth-order valence-electron chi connectivity index (χ4n) is 5.29. The molecule has 0 saturated carbocycles. The van der Waals surface area contributed by atoms with E-state index in [0.717, 1.165) is 53.6 Å². The zero-order chi connectivity index (χ0) is 27.8. The number of benzene rings is 2. The molecule has 0 spiro atoms. The van der Waals surface area contributed by atoms with Gasteiger partial charge in [-0.2, -0.15) is 5.26 Å². The summed E-state index contributed by atoms with van der Waals surface area (Å²) in [5.41, 5.74) is 12.0. The summed E-state index contributed by atoms with van der Waals surface area (Å²) in [6.45, 7) is 0. The molecule has 200 valence electrons. The van der Waals surface area contributed by atoms with Gasteiger partial charge in [0.15, 0.2) is 11.5 Å². The van der Waals surface area contributed by atoms with E-state index in [9.17, 15) is 10.1 Å². The molecule has 0 fully saturated rings. The first kappa shape index (κ1) is 25.9. The first-order valence-corrected chi connectivity index (χ1v) is 14.5. The Morgan fingerprint density at radius 1 is 1.02 bits per heavy atom. The molecule has 0 radical (unpaired) electrons. The molecular weight excluding hydrogens is 541 g/mol. The Hall–Kier alpha value is -4.39. The summed E-state index contributed by atoms with van der Waals surface area (Å²) in [6.07, 6.45) is 3.96. The van der Waals surface area contributed by atoms with Gasteiger partial charge in [-0.3, -0.25) is 4.79 Å². The summed E-state index contributed by atoms with van der Waals surface area (Å²) in [6, 6.07) is 19.8. The number of methoxy groups -OCH3 is 2. The summed E-state index contributed by atoms with van der Waals surface area (Å²) < 4.78 is 11.3. The van der Waals surface area contributed by atoms with Gasteiger partial charge in [-0.1, -0.05) is 42.5 Å². The third-order valence-corrected chi connectivity index (χ3v) is 9.48. The summed E-state index contributed by atoms with van der Waals surface area (Å²) in [5.74, 6) is 0.806. The van der Waals surface area contributed by atoms with Crippen LogP contribution in [-0.2, 0) is 12.8 Å². The van der Waals surface area contributed by atoms with Crippen molar-refractivity contribution in [3.63, 3.8) is 0 Å². The van der Waals surface area contributed by atoms with E-state index in [1.54, 1.807) is 14.2 Å². The highest BCUT2D eigenvalue weighted by atomic mass is 32.1. The number of hydrogen-bond acceptors (Lipinski definition) is 8. The number of amides is 1. The lowest BCUT2D eigenvalue weighted by Gasteiger charge is -2.15. The van der Waals surface area contributed by atoms with E-state index < -0.39 is 0 Å². The number of ether oxygens (including phenoxy) is 2. The summed E-state index contributed by atoms with van der Waals surface area (Å²) in [4.78, 5) is 20.8. The van der Waals surface area contributed by atoms with Gasteiger partial charge >= 0.3 is 0 Å². The van der Waals surface area contributed by atoms with Crippen LogP contribution in [0.2, 0.25) is 0 Å². The average molecular weight is 567 g/mol. The molecule has 6 rings (SSSR count). The number of carbonyl (C=O) groups excluding carboxylic acids is 1.